The summed E-state index contributed by atoms with van der Waals surface area (Å²) >= 11 is 0. The van der Waals surface area contributed by atoms with Crippen molar-refractivity contribution in [2.24, 2.45) is 0 Å². The van der Waals surface area contributed by atoms with Gasteiger partial charge in [0, 0.05) is 44.4 Å². The maximum Gasteiger partial charge on any atom is 0.247 e. The highest BCUT2D eigenvalue weighted by atomic mass is 16.5. The highest BCUT2D eigenvalue weighted by Crippen LogP contribution is 2.22. The van der Waals surface area contributed by atoms with Crippen molar-refractivity contribution in [1.82, 2.24) is 20.0 Å². The lowest BCUT2D eigenvalue weighted by Crippen LogP contribution is -2.53. The fourth-order valence-corrected chi connectivity index (χ4v) is 3.47. The van der Waals surface area contributed by atoms with Crippen molar-refractivity contribution in [3.63, 3.8) is 0 Å². The molecule has 1 atom stereocenters. The number of methoxy groups -OCH3 is 1. The molecule has 0 aliphatic carbocycles. The Balaban J connectivity index is 1.55. The molecule has 7 nitrogen and oxygen atoms in total. The zero-order valence-corrected chi connectivity index (χ0v) is 16.6. The van der Waals surface area contributed by atoms with Crippen LogP contribution >= 0.6 is 0 Å². The fourth-order valence-electron chi connectivity index (χ4n) is 3.47. The van der Waals surface area contributed by atoms with Crippen molar-refractivity contribution >= 4 is 0 Å². The lowest BCUT2D eigenvalue weighted by Gasteiger charge is -2.40. The number of nitrogens with zero attached hydrogens (tertiary/aromatic N) is 4. The molecular formula is C20H30N4O3. The average molecular weight is 374 g/mol. The molecule has 148 valence electrons. The minimum atomic E-state index is 0.545. The Morgan fingerprint density at radius 2 is 1.96 bits per heavy atom. The second-order valence-electron chi connectivity index (χ2n) is 6.76. The number of piperazine rings is 1. The van der Waals surface area contributed by atoms with E-state index < -0.39 is 0 Å². The summed E-state index contributed by atoms with van der Waals surface area (Å²) in [5, 5.41) is 8.44. The van der Waals surface area contributed by atoms with Crippen molar-refractivity contribution in [2.45, 2.75) is 32.9 Å². The number of hydrogen-bond acceptors (Lipinski definition) is 7. The molecule has 1 aliphatic heterocycles. The van der Waals surface area contributed by atoms with E-state index in [1.54, 1.807) is 7.11 Å². The summed E-state index contributed by atoms with van der Waals surface area (Å²) in [5.41, 5.74) is 0.904. The second kappa shape index (κ2) is 9.82. The van der Waals surface area contributed by atoms with Gasteiger partial charge in [0.15, 0.2) is 0 Å². The van der Waals surface area contributed by atoms with Gasteiger partial charge >= 0.3 is 0 Å². The van der Waals surface area contributed by atoms with Crippen LogP contribution < -0.4 is 4.74 Å². The Kier molecular flexibility index (Phi) is 7.20. The number of benzene rings is 1. The van der Waals surface area contributed by atoms with Gasteiger partial charge in [-0.15, -0.1) is 10.2 Å². The number of hydrogen-bond donors (Lipinski definition) is 0. The Morgan fingerprint density at radius 3 is 2.67 bits per heavy atom. The number of rotatable bonds is 9. The molecular weight excluding hydrogens is 344 g/mol. The summed E-state index contributed by atoms with van der Waals surface area (Å²) in [4.78, 5) is 4.93. The smallest absolute Gasteiger partial charge is 0.247 e. The van der Waals surface area contributed by atoms with Gasteiger partial charge in [-0.05, 0) is 37.6 Å². The van der Waals surface area contributed by atoms with Crippen LogP contribution in [0.4, 0.5) is 0 Å². The van der Waals surface area contributed by atoms with Crippen LogP contribution in [0.2, 0.25) is 0 Å². The van der Waals surface area contributed by atoms with Gasteiger partial charge < -0.3 is 13.9 Å². The first kappa shape index (κ1) is 19.8. The molecule has 2 heterocycles. The van der Waals surface area contributed by atoms with Gasteiger partial charge in [0.2, 0.25) is 11.8 Å². The molecule has 2 aromatic rings. The van der Waals surface area contributed by atoms with E-state index in [9.17, 15) is 0 Å². The summed E-state index contributed by atoms with van der Waals surface area (Å²) in [7, 11) is 1.65. The summed E-state index contributed by atoms with van der Waals surface area (Å²) in [6, 6.07) is 8.20. The molecule has 27 heavy (non-hydrogen) atoms. The van der Waals surface area contributed by atoms with E-state index in [2.05, 4.69) is 26.9 Å². The van der Waals surface area contributed by atoms with Crippen molar-refractivity contribution in [3.05, 3.63) is 30.2 Å². The maximum absolute atomic E-state index is 5.88. The lowest BCUT2D eigenvalue weighted by atomic mass is 10.1. The summed E-state index contributed by atoms with van der Waals surface area (Å²) in [6.07, 6.45) is 1.13. The molecule has 0 N–H and O–H groups in total. The maximum atomic E-state index is 5.88. The zero-order chi connectivity index (χ0) is 19.1. The average Bonchev–Trinajstić information content (AvgIpc) is 3.17. The SMILES string of the molecule is CCOCCN1CCN(Cc2nnc(-c3ccc(OC)cc3)o2)CC1CC. The van der Waals surface area contributed by atoms with E-state index in [4.69, 9.17) is 13.9 Å². The van der Waals surface area contributed by atoms with E-state index >= 15 is 0 Å². The van der Waals surface area contributed by atoms with Crippen LogP contribution in [0, 0.1) is 0 Å². The highest BCUT2D eigenvalue weighted by molar-refractivity contribution is 5.53. The molecule has 1 aromatic carbocycles. The Bertz CT molecular complexity index is 689. The van der Waals surface area contributed by atoms with Gasteiger partial charge in [0.05, 0.1) is 20.3 Å². The Labute approximate surface area is 161 Å². The first-order valence-electron chi connectivity index (χ1n) is 9.74. The summed E-state index contributed by atoms with van der Waals surface area (Å²) in [6.45, 7) is 10.6. The van der Waals surface area contributed by atoms with Gasteiger partial charge in [-0.25, -0.2) is 0 Å². The van der Waals surface area contributed by atoms with Crippen LogP contribution in [0.25, 0.3) is 11.5 Å². The van der Waals surface area contributed by atoms with Gasteiger partial charge in [-0.1, -0.05) is 6.92 Å². The molecule has 1 fully saturated rings. The number of aromatic nitrogens is 2. The van der Waals surface area contributed by atoms with E-state index in [-0.39, 0.29) is 0 Å². The van der Waals surface area contributed by atoms with Crippen LogP contribution in [0.3, 0.4) is 0 Å². The molecule has 0 amide bonds. The fraction of sp³-hybridized carbons (Fsp3) is 0.600. The third kappa shape index (κ3) is 5.28. The molecule has 0 radical (unpaired) electrons. The second-order valence-corrected chi connectivity index (χ2v) is 6.76. The minimum Gasteiger partial charge on any atom is -0.497 e. The van der Waals surface area contributed by atoms with E-state index in [0.717, 1.165) is 57.1 Å². The van der Waals surface area contributed by atoms with Crippen LogP contribution in [0.5, 0.6) is 5.75 Å². The third-order valence-electron chi connectivity index (χ3n) is 5.05. The third-order valence-corrected chi connectivity index (χ3v) is 5.05. The molecule has 7 heteroatoms. The topological polar surface area (TPSA) is 63.9 Å². The Hall–Kier alpha value is -1.96. The molecule has 1 saturated heterocycles. The minimum absolute atomic E-state index is 0.545. The first-order valence-corrected chi connectivity index (χ1v) is 9.74. The standard InChI is InChI=1S/C20H30N4O3/c1-4-17-14-23(10-11-24(17)12-13-26-5-2)15-19-21-22-20(27-19)16-6-8-18(25-3)9-7-16/h6-9,17H,4-5,10-15H2,1-3H3. The van der Waals surface area contributed by atoms with Crippen molar-refractivity contribution in [2.75, 3.05) is 46.5 Å². The van der Waals surface area contributed by atoms with Crippen LogP contribution in [0.1, 0.15) is 26.2 Å². The molecule has 1 aliphatic rings. The predicted octanol–water partition coefficient (Wildman–Crippen LogP) is 2.68. The van der Waals surface area contributed by atoms with Gasteiger partial charge in [0.25, 0.3) is 0 Å². The molecule has 1 aromatic heterocycles. The van der Waals surface area contributed by atoms with Crippen molar-refractivity contribution < 1.29 is 13.9 Å². The van der Waals surface area contributed by atoms with E-state index in [1.807, 2.05) is 31.2 Å². The van der Waals surface area contributed by atoms with E-state index in [1.165, 1.54) is 0 Å². The predicted molar refractivity (Wildman–Crippen MR) is 104 cm³/mol. The molecule has 0 bridgehead atoms. The van der Waals surface area contributed by atoms with Crippen molar-refractivity contribution in [1.29, 1.82) is 0 Å². The zero-order valence-electron chi connectivity index (χ0n) is 16.6. The normalized spacial score (nSPS) is 18.7. The molecule has 1 unspecified atom stereocenters. The Morgan fingerprint density at radius 1 is 1.15 bits per heavy atom. The largest absolute Gasteiger partial charge is 0.497 e. The van der Waals surface area contributed by atoms with Gasteiger partial charge in [0.1, 0.15) is 5.75 Å². The van der Waals surface area contributed by atoms with Crippen LogP contribution in [0.15, 0.2) is 28.7 Å². The lowest BCUT2D eigenvalue weighted by molar-refractivity contribution is 0.0357. The monoisotopic (exact) mass is 374 g/mol. The van der Waals surface area contributed by atoms with Crippen molar-refractivity contribution in [3.8, 4) is 17.2 Å². The van der Waals surface area contributed by atoms with Crippen LogP contribution in [-0.4, -0.2) is 72.5 Å². The van der Waals surface area contributed by atoms with Gasteiger partial charge in [-0.2, -0.15) is 0 Å². The quantitative estimate of drug-likeness (QED) is 0.625. The molecule has 3 rings (SSSR count). The summed E-state index contributed by atoms with van der Waals surface area (Å²) in [5.74, 6) is 2.03. The first-order chi connectivity index (χ1) is 13.2. The molecule has 0 spiro atoms. The van der Waals surface area contributed by atoms with Crippen LogP contribution in [-0.2, 0) is 11.3 Å². The highest BCUT2D eigenvalue weighted by Gasteiger charge is 2.26. The summed E-state index contributed by atoms with van der Waals surface area (Å²) < 4.78 is 16.6. The van der Waals surface area contributed by atoms with Gasteiger partial charge in [-0.3, -0.25) is 9.80 Å². The van der Waals surface area contributed by atoms with E-state index in [0.29, 0.717) is 24.4 Å². The number of ether oxygens (including phenoxy) is 2. The molecule has 0 saturated carbocycles.